The highest BCUT2D eigenvalue weighted by Crippen LogP contribution is 2.31. The Balaban J connectivity index is 3.44. The highest BCUT2D eigenvalue weighted by atomic mass is 16.6. The lowest BCUT2D eigenvalue weighted by Crippen LogP contribution is -2.10. The minimum Gasteiger partial charge on any atom is -0.398 e. The second-order valence-corrected chi connectivity index (χ2v) is 3.05. The Kier molecular flexibility index (Phi) is 3.19. The number of nitrogens with two attached hydrogens (primary N) is 1. The molecule has 84 valence electrons. The Morgan fingerprint density at radius 1 is 1.62 bits per heavy atom. The SMILES string of the molecule is CC(=O)Nc1ccc(N)c(C=N)c1[N+](=O)[O-]. The molecule has 0 spiro atoms. The number of rotatable bonds is 3. The predicted molar refractivity (Wildman–Crippen MR) is 59.7 cm³/mol. The number of carbonyl (C=O) groups excluding carboxylic acids is 1. The van der Waals surface area contributed by atoms with Crippen LogP contribution < -0.4 is 11.1 Å². The zero-order valence-corrected chi connectivity index (χ0v) is 8.48. The van der Waals surface area contributed by atoms with E-state index in [1.165, 1.54) is 19.1 Å². The van der Waals surface area contributed by atoms with Crippen LogP contribution in [0.4, 0.5) is 17.1 Å². The van der Waals surface area contributed by atoms with E-state index in [2.05, 4.69) is 5.32 Å². The van der Waals surface area contributed by atoms with Crippen molar-refractivity contribution in [1.29, 1.82) is 5.41 Å². The minimum atomic E-state index is -0.679. The van der Waals surface area contributed by atoms with Gasteiger partial charge in [-0.3, -0.25) is 14.9 Å². The van der Waals surface area contributed by atoms with Gasteiger partial charge >= 0.3 is 5.69 Å². The minimum absolute atomic E-state index is 0.0174. The van der Waals surface area contributed by atoms with Crippen LogP contribution in [0.2, 0.25) is 0 Å². The van der Waals surface area contributed by atoms with E-state index < -0.39 is 10.8 Å². The Hall–Kier alpha value is -2.44. The normalized spacial score (nSPS) is 9.56. The maximum Gasteiger partial charge on any atom is 0.303 e. The van der Waals surface area contributed by atoms with E-state index in [-0.39, 0.29) is 22.6 Å². The molecule has 0 saturated carbocycles. The molecule has 0 aliphatic rings. The number of nitro groups is 1. The fraction of sp³-hybridized carbons (Fsp3) is 0.111. The van der Waals surface area contributed by atoms with Gasteiger partial charge in [0.25, 0.3) is 0 Å². The zero-order valence-electron chi connectivity index (χ0n) is 8.48. The second kappa shape index (κ2) is 4.39. The Morgan fingerprint density at radius 3 is 2.69 bits per heavy atom. The summed E-state index contributed by atoms with van der Waals surface area (Å²) in [6, 6.07) is 2.74. The topological polar surface area (TPSA) is 122 Å². The molecule has 1 aromatic rings. The van der Waals surface area contributed by atoms with Gasteiger partial charge in [0.15, 0.2) is 0 Å². The van der Waals surface area contributed by atoms with Crippen LogP contribution >= 0.6 is 0 Å². The molecule has 0 fully saturated rings. The smallest absolute Gasteiger partial charge is 0.303 e. The summed E-state index contributed by atoms with van der Waals surface area (Å²) in [7, 11) is 0. The van der Waals surface area contributed by atoms with E-state index in [1.807, 2.05) is 0 Å². The van der Waals surface area contributed by atoms with Crippen molar-refractivity contribution in [3.63, 3.8) is 0 Å². The molecule has 0 unspecified atom stereocenters. The van der Waals surface area contributed by atoms with Gasteiger partial charge in [0.1, 0.15) is 5.69 Å². The fourth-order valence-electron chi connectivity index (χ4n) is 1.26. The molecule has 1 aromatic carbocycles. The number of anilines is 2. The zero-order chi connectivity index (χ0) is 12.3. The third kappa shape index (κ3) is 2.14. The predicted octanol–water partition coefficient (Wildman–Crippen LogP) is 1.13. The van der Waals surface area contributed by atoms with Gasteiger partial charge in [-0.25, -0.2) is 0 Å². The van der Waals surface area contributed by atoms with Crippen molar-refractivity contribution < 1.29 is 9.72 Å². The van der Waals surface area contributed by atoms with E-state index in [0.717, 1.165) is 6.21 Å². The van der Waals surface area contributed by atoms with Crippen LogP contribution in [0.3, 0.4) is 0 Å². The molecular formula is C9H10N4O3. The van der Waals surface area contributed by atoms with Crippen molar-refractivity contribution in [2.45, 2.75) is 6.92 Å². The molecular weight excluding hydrogens is 212 g/mol. The number of amides is 1. The van der Waals surface area contributed by atoms with Crippen molar-refractivity contribution in [2.24, 2.45) is 0 Å². The van der Waals surface area contributed by atoms with Crippen LogP contribution in [-0.4, -0.2) is 17.0 Å². The lowest BCUT2D eigenvalue weighted by molar-refractivity contribution is -0.384. The molecule has 1 rings (SSSR count). The standard InChI is InChI=1S/C9H10N4O3/c1-5(14)12-8-3-2-7(11)6(4-10)9(8)13(15)16/h2-4,10H,11H2,1H3,(H,12,14). The molecule has 7 heteroatoms. The highest BCUT2D eigenvalue weighted by Gasteiger charge is 2.21. The largest absolute Gasteiger partial charge is 0.398 e. The highest BCUT2D eigenvalue weighted by molar-refractivity contribution is 5.99. The molecule has 16 heavy (non-hydrogen) atoms. The van der Waals surface area contributed by atoms with Crippen molar-refractivity contribution in [2.75, 3.05) is 11.1 Å². The molecule has 0 heterocycles. The molecule has 0 aromatic heterocycles. The van der Waals surface area contributed by atoms with Crippen LogP contribution in [0.1, 0.15) is 12.5 Å². The fourth-order valence-corrected chi connectivity index (χ4v) is 1.26. The molecule has 0 atom stereocenters. The Bertz CT molecular complexity index is 470. The van der Waals surface area contributed by atoms with Crippen molar-refractivity contribution in [1.82, 2.24) is 0 Å². The molecule has 0 aliphatic carbocycles. The number of nitrogen functional groups attached to an aromatic ring is 1. The van der Waals surface area contributed by atoms with Crippen molar-refractivity contribution in [3.05, 3.63) is 27.8 Å². The molecule has 1 amide bonds. The van der Waals surface area contributed by atoms with Gasteiger partial charge in [-0.05, 0) is 12.1 Å². The summed E-state index contributed by atoms with van der Waals surface area (Å²) < 4.78 is 0. The number of hydrogen-bond donors (Lipinski definition) is 3. The number of nitrogens with zero attached hydrogens (tertiary/aromatic N) is 1. The lowest BCUT2D eigenvalue weighted by Gasteiger charge is -2.07. The average Bonchev–Trinajstić information content (AvgIpc) is 2.18. The van der Waals surface area contributed by atoms with Crippen LogP contribution in [0, 0.1) is 15.5 Å². The number of nitrogens with one attached hydrogen (secondary N) is 2. The molecule has 4 N–H and O–H groups in total. The summed E-state index contributed by atoms with van der Waals surface area (Å²) in [6.45, 7) is 1.24. The van der Waals surface area contributed by atoms with Gasteiger partial charge in [-0.1, -0.05) is 0 Å². The summed E-state index contributed by atoms with van der Waals surface area (Å²) >= 11 is 0. The lowest BCUT2D eigenvalue weighted by atomic mass is 10.1. The summed E-state index contributed by atoms with van der Waals surface area (Å²) in [5.74, 6) is -0.427. The summed E-state index contributed by atoms with van der Waals surface area (Å²) in [5.41, 5.74) is 5.27. The van der Waals surface area contributed by atoms with Crippen molar-refractivity contribution in [3.8, 4) is 0 Å². The summed E-state index contributed by atoms with van der Waals surface area (Å²) in [6.07, 6.45) is 0.790. The number of benzene rings is 1. The van der Waals surface area contributed by atoms with Gasteiger partial charge in [0.05, 0.1) is 10.5 Å². The maximum absolute atomic E-state index is 10.9. The maximum atomic E-state index is 10.9. The molecule has 0 bridgehead atoms. The first kappa shape index (κ1) is 11.6. The quantitative estimate of drug-likeness (QED) is 0.307. The molecule has 0 aliphatic heterocycles. The number of carbonyl (C=O) groups is 1. The van der Waals surface area contributed by atoms with E-state index in [1.54, 1.807) is 0 Å². The van der Waals surface area contributed by atoms with E-state index in [0.29, 0.717) is 0 Å². The van der Waals surface area contributed by atoms with Crippen LogP contribution in [0.15, 0.2) is 12.1 Å². The van der Waals surface area contributed by atoms with Crippen LogP contribution in [0.25, 0.3) is 0 Å². The van der Waals surface area contributed by atoms with Gasteiger partial charge in [-0.15, -0.1) is 0 Å². The van der Waals surface area contributed by atoms with E-state index in [4.69, 9.17) is 11.1 Å². The van der Waals surface area contributed by atoms with Gasteiger partial charge in [0.2, 0.25) is 5.91 Å². The third-order valence-electron chi connectivity index (χ3n) is 1.89. The summed E-state index contributed by atoms with van der Waals surface area (Å²) in [5, 5.41) is 20.2. The van der Waals surface area contributed by atoms with E-state index in [9.17, 15) is 14.9 Å². The first-order valence-corrected chi connectivity index (χ1v) is 4.32. The number of nitro benzene ring substituents is 1. The molecule has 7 nitrogen and oxygen atoms in total. The van der Waals surface area contributed by atoms with E-state index >= 15 is 0 Å². The second-order valence-electron chi connectivity index (χ2n) is 3.05. The Labute approximate surface area is 90.9 Å². The third-order valence-corrected chi connectivity index (χ3v) is 1.89. The van der Waals surface area contributed by atoms with Crippen molar-refractivity contribution >= 4 is 29.2 Å². The summed E-state index contributed by atoms with van der Waals surface area (Å²) in [4.78, 5) is 21.0. The Morgan fingerprint density at radius 2 is 2.25 bits per heavy atom. The first-order chi connectivity index (χ1) is 7.47. The average molecular weight is 222 g/mol. The molecule has 0 saturated heterocycles. The van der Waals surface area contributed by atoms with Gasteiger partial charge in [0, 0.05) is 18.8 Å². The monoisotopic (exact) mass is 222 g/mol. The van der Waals surface area contributed by atoms with Crippen LogP contribution in [0.5, 0.6) is 0 Å². The van der Waals surface area contributed by atoms with Crippen LogP contribution in [-0.2, 0) is 4.79 Å². The molecule has 0 radical (unpaired) electrons. The van der Waals surface area contributed by atoms with Gasteiger partial charge in [-0.2, -0.15) is 0 Å². The number of hydrogen-bond acceptors (Lipinski definition) is 5. The van der Waals surface area contributed by atoms with Gasteiger partial charge < -0.3 is 16.5 Å². The first-order valence-electron chi connectivity index (χ1n) is 4.32.